The SMILES string of the molecule is CCCC(C)C(NC)C1(N(C)C)CCC(C)CC1. The highest BCUT2D eigenvalue weighted by Gasteiger charge is 2.44. The topological polar surface area (TPSA) is 15.3 Å². The largest absolute Gasteiger partial charge is 0.315 e. The Morgan fingerprint density at radius 1 is 1.28 bits per heavy atom. The van der Waals surface area contributed by atoms with Gasteiger partial charge in [0, 0.05) is 11.6 Å². The van der Waals surface area contributed by atoms with E-state index in [4.69, 9.17) is 0 Å². The Balaban J connectivity index is 2.87. The van der Waals surface area contributed by atoms with Crippen LogP contribution in [0.4, 0.5) is 0 Å². The number of likely N-dealkylation sites (N-methyl/N-ethyl adjacent to an activating group) is 2. The number of rotatable bonds is 6. The summed E-state index contributed by atoms with van der Waals surface area (Å²) in [7, 11) is 6.71. The summed E-state index contributed by atoms with van der Waals surface area (Å²) in [5, 5.41) is 3.65. The maximum Gasteiger partial charge on any atom is 0.0359 e. The fourth-order valence-corrected chi connectivity index (χ4v) is 4.00. The van der Waals surface area contributed by atoms with Gasteiger partial charge in [0.15, 0.2) is 0 Å². The molecule has 0 aromatic carbocycles. The van der Waals surface area contributed by atoms with Gasteiger partial charge in [-0.3, -0.25) is 0 Å². The lowest BCUT2D eigenvalue weighted by atomic mass is 9.68. The molecule has 1 saturated carbocycles. The first-order valence-electron chi connectivity index (χ1n) is 7.82. The molecule has 0 amide bonds. The van der Waals surface area contributed by atoms with E-state index in [9.17, 15) is 0 Å². The molecular weight excluding hydrogens is 220 g/mol. The molecule has 1 fully saturated rings. The van der Waals surface area contributed by atoms with E-state index in [1.807, 2.05) is 0 Å². The molecule has 1 rings (SSSR count). The molecule has 2 heteroatoms. The van der Waals surface area contributed by atoms with Gasteiger partial charge in [0.2, 0.25) is 0 Å². The van der Waals surface area contributed by atoms with Gasteiger partial charge in [0.25, 0.3) is 0 Å². The molecule has 0 aromatic rings. The summed E-state index contributed by atoms with van der Waals surface area (Å²) in [4.78, 5) is 2.51. The Bertz CT molecular complexity index is 229. The Morgan fingerprint density at radius 2 is 1.83 bits per heavy atom. The second kappa shape index (κ2) is 6.91. The molecule has 0 heterocycles. The van der Waals surface area contributed by atoms with Crippen LogP contribution in [-0.2, 0) is 0 Å². The fourth-order valence-electron chi connectivity index (χ4n) is 4.00. The van der Waals surface area contributed by atoms with E-state index in [2.05, 4.69) is 52.1 Å². The van der Waals surface area contributed by atoms with Crippen LogP contribution < -0.4 is 5.32 Å². The van der Waals surface area contributed by atoms with Crippen LogP contribution in [0.15, 0.2) is 0 Å². The molecule has 108 valence electrons. The quantitative estimate of drug-likeness (QED) is 0.780. The highest BCUT2D eigenvalue weighted by atomic mass is 15.2. The molecule has 18 heavy (non-hydrogen) atoms. The summed E-state index contributed by atoms with van der Waals surface area (Å²) in [5.41, 5.74) is 0.371. The van der Waals surface area contributed by atoms with Crippen LogP contribution in [0.1, 0.15) is 59.3 Å². The zero-order chi connectivity index (χ0) is 13.8. The van der Waals surface area contributed by atoms with Gasteiger partial charge in [-0.1, -0.05) is 27.2 Å². The molecular formula is C16H34N2. The van der Waals surface area contributed by atoms with Gasteiger partial charge in [0.1, 0.15) is 0 Å². The Labute approximate surface area is 115 Å². The molecule has 2 nitrogen and oxygen atoms in total. The molecule has 2 unspecified atom stereocenters. The molecule has 0 aliphatic heterocycles. The predicted octanol–water partition coefficient (Wildman–Crippen LogP) is 3.52. The number of nitrogens with zero attached hydrogens (tertiary/aromatic N) is 1. The van der Waals surface area contributed by atoms with E-state index in [1.54, 1.807) is 0 Å². The molecule has 1 aliphatic carbocycles. The third-order valence-electron chi connectivity index (χ3n) is 5.23. The van der Waals surface area contributed by atoms with Gasteiger partial charge in [-0.05, 0) is 65.1 Å². The van der Waals surface area contributed by atoms with Crippen molar-refractivity contribution in [2.75, 3.05) is 21.1 Å². The molecule has 0 bridgehead atoms. The van der Waals surface area contributed by atoms with E-state index in [-0.39, 0.29) is 0 Å². The number of hydrogen-bond acceptors (Lipinski definition) is 2. The van der Waals surface area contributed by atoms with Crippen LogP contribution in [-0.4, -0.2) is 37.6 Å². The van der Waals surface area contributed by atoms with Crippen LogP contribution in [0, 0.1) is 11.8 Å². The smallest absolute Gasteiger partial charge is 0.0359 e. The van der Waals surface area contributed by atoms with E-state index in [0.717, 1.165) is 11.8 Å². The Morgan fingerprint density at radius 3 is 2.22 bits per heavy atom. The van der Waals surface area contributed by atoms with Crippen LogP contribution in [0.5, 0.6) is 0 Å². The van der Waals surface area contributed by atoms with Crippen molar-refractivity contribution in [2.24, 2.45) is 11.8 Å². The Kier molecular flexibility index (Phi) is 6.13. The van der Waals surface area contributed by atoms with Crippen molar-refractivity contribution < 1.29 is 0 Å². The van der Waals surface area contributed by atoms with Crippen molar-refractivity contribution in [2.45, 2.75) is 70.9 Å². The summed E-state index contributed by atoms with van der Waals surface area (Å²) in [6.07, 6.45) is 8.09. The maximum absolute atomic E-state index is 3.65. The minimum absolute atomic E-state index is 0.371. The van der Waals surface area contributed by atoms with Gasteiger partial charge in [-0.15, -0.1) is 0 Å². The normalized spacial score (nSPS) is 32.5. The second-order valence-corrected chi connectivity index (χ2v) is 6.71. The summed E-state index contributed by atoms with van der Waals surface area (Å²) in [5.74, 6) is 1.67. The Hall–Kier alpha value is -0.0800. The first kappa shape index (κ1) is 16.0. The third-order valence-corrected chi connectivity index (χ3v) is 5.23. The summed E-state index contributed by atoms with van der Waals surface area (Å²) >= 11 is 0. The molecule has 0 radical (unpaired) electrons. The van der Waals surface area contributed by atoms with E-state index < -0.39 is 0 Å². The first-order valence-corrected chi connectivity index (χ1v) is 7.82. The lowest BCUT2D eigenvalue weighted by Gasteiger charge is -2.51. The summed E-state index contributed by atoms with van der Waals surface area (Å²) in [6.45, 7) is 7.13. The van der Waals surface area contributed by atoms with Crippen LogP contribution >= 0.6 is 0 Å². The predicted molar refractivity (Wildman–Crippen MR) is 81.0 cm³/mol. The number of hydrogen-bond donors (Lipinski definition) is 1. The van der Waals surface area contributed by atoms with Crippen molar-refractivity contribution in [1.29, 1.82) is 0 Å². The third kappa shape index (κ3) is 3.27. The van der Waals surface area contributed by atoms with E-state index in [1.165, 1.54) is 38.5 Å². The van der Waals surface area contributed by atoms with Gasteiger partial charge < -0.3 is 10.2 Å². The zero-order valence-electron chi connectivity index (χ0n) is 13.4. The van der Waals surface area contributed by atoms with Crippen molar-refractivity contribution in [3.63, 3.8) is 0 Å². The van der Waals surface area contributed by atoms with Crippen LogP contribution in [0.3, 0.4) is 0 Å². The molecule has 1 N–H and O–H groups in total. The van der Waals surface area contributed by atoms with Gasteiger partial charge in [-0.2, -0.15) is 0 Å². The molecule has 0 spiro atoms. The van der Waals surface area contributed by atoms with Gasteiger partial charge in [-0.25, -0.2) is 0 Å². The molecule has 0 saturated heterocycles. The van der Waals surface area contributed by atoms with Gasteiger partial charge >= 0.3 is 0 Å². The average Bonchev–Trinajstić information content (AvgIpc) is 2.32. The van der Waals surface area contributed by atoms with Crippen molar-refractivity contribution in [3.05, 3.63) is 0 Å². The maximum atomic E-state index is 3.65. The van der Waals surface area contributed by atoms with Crippen molar-refractivity contribution in [3.8, 4) is 0 Å². The molecule has 1 aliphatic rings. The second-order valence-electron chi connectivity index (χ2n) is 6.71. The minimum atomic E-state index is 0.371. The highest BCUT2D eigenvalue weighted by molar-refractivity contribution is 5.02. The molecule has 0 aromatic heterocycles. The van der Waals surface area contributed by atoms with Crippen LogP contribution in [0.25, 0.3) is 0 Å². The average molecular weight is 254 g/mol. The van der Waals surface area contributed by atoms with E-state index >= 15 is 0 Å². The standard InChI is InChI=1S/C16H34N2/c1-7-8-14(3)15(17-4)16(18(5)6)11-9-13(2)10-12-16/h13-15,17H,7-12H2,1-6H3. The monoisotopic (exact) mass is 254 g/mol. The summed E-state index contributed by atoms with van der Waals surface area (Å²) < 4.78 is 0. The van der Waals surface area contributed by atoms with Gasteiger partial charge in [0.05, 0.1) is 0 Å². The first-order chi connectivity index (χ1) is 8.47. The van der Waals surface area contributed by atoms with Crippen molar-refractivity contribution >= 4 is 0 Å². The van der Waals surface area contributed by atoms with E-state index in [0.29, 0.717) is 11.6 Å². The van der Waals surface area contributed by atoms with Crippen molar-refractivity contribution in [1.82, 2.24) is 10.2 Å². The highest BCUT2D eigenvalue weighted by Crippen LogP contribution is 2.40. The fraction of sp³-hybridized carbons (Fsp3) is 1.00. The lowest BCUT2D eigenvalue weighted by Crippen LogP contribution is -2.62. The van der Waals surface area contributed by atoms with Crippen LogP contribution in [0.2, 0.25) is 0 Å². The lowest BCUT2D eigenvalue weighted by molar-refractivity contribution is 0.0253. The zero-order valence-corrected chi connectivity index (χ0v) is 13.4. The molecule has 2 atom stereocenters. The minimum Gasteiger partial charge on any atom is -0.315 e. The summed E-state index contributed by atoms with van der Waals surface area (Å²) in [6, 6.07) is 0.625. The number of nitrogens with one attached hydrogen (secondary N) is 1.